The van der Waals surface area contributed by atoms with E-state index in [4.69, 9.17) is 11.6 Å². The fourth-order valence-electron chi connectivity index (χ4n) is 1.91. The molecule has 0 fully saturated rings. The van der Waals surface area contributed by atoms with E-state index in [1.165, 1.54) is 18.5 Å². The fraction of sp³-hybridized carbons (Fsp3) is 0. The van der Waals surface area contributed by atoms with E-state index in [0.29, 0.717) is 5.39 Å². The minimum absolute atomic E-state index is 0.112. The van der Waals surface area contributed by atoms with Crippen molar-refractivity contribution in [1.29, 1.82) is 0 Å². The quantitative estimate of drug-likeness (QED) is 0.749. The molecule has 0 spiro atoms. The van der Waals surface area contributed by atoms with E-state index in [1.54, 1.807) is 30.6 Å². The molecule has 3 aromatic rings. The predicted molar refractivity (Wildman–Crippen MR) is 79.6 cm³/mol. The highest BCUT2D eigenvalue weighted by molar-refractivity contribution is 7.93. The molecule has 0 aliphatic heterocycles. The van der Waals surface area contributed by atoms with Gasteiger partial charge in [-0.3, -0.25) is 9.71 Å². The van der Waals surface area contributed by atoms with Crippen molar-refractivity contribution >= 4 is 38.2 Å². The molecule has 2 heterocycles. The molecule has 0 saturated heterocycles. The van der Waals surface area contributed by atoms with Gasteiger partial charge in [0.25, 0.3) is 10.0 Å². The average molecular weight is 321 g/mol. The van der Waals surface area contributed by atoms with Gasteiger partial charge in [-0.05, 0) is 12.1 Å². The van der Waals surface area contributed by atoms with Crippen molar-refractivity contribution in [3.8, 4) is 0 Å². The van der Waals surface area contributed by atoms with Crippen LogP contribution in [0.2, 0.25) is 5.15 Å². The van der Waals surface area contributed by atoms with E-state index in [-0.39, 0.29) is 15.9 Å². The Hall–Kier alpha value is -2.25. The second-order valence-electron chi connectivity index (χ2n) is 4.18. The summed E-state index contributed by atoms with van der Waals surface area (Å²) >= 11 is 5.72. The van der Waals surface area contributed by atoms with Gasteiger partial charge < -0.3 is 0 Å². The first-order chi connectivity index (χ1) is 10.1. The summed E-state index contributed by atoms with van der Waals surface area (Å²) < 4.78 is 27.4. The van der Waals surface area contributed by atoms with Crippen LogP contribution in [0, 0.1) is 0 Å². The Balaban J connectivity index is 2.09. The van der Waals surface area contributed by atoms with Crippen LogP contribution in [0.25, 0.3) is 10.8 Å². The molecule has 0 atom stereocenters. The molecule has 106 valence electrons. The summed E-state index contributed by atoms with van der Waals surface area (Å²) in [4.78, 5) is 11.7. The fourth-order valence-corrected chi connectivity index (χ4v) is 3.29. The third kappa shape index (κ3) is 2.79. The van der Waals surface area contributed by atoms with Crippen LogP contribution in [0.1, 0.15) is 0 Å². The van der Waals surface area contributed by atoms with Crippen LogP contribution in [0.5, 0.6) is 0 Å². The Bertz CT molecular complexity index is 909. The van der Waals surface area contributed by atoms with Gasteiger partial charge in [-0.1, -0.05) is 23.7 Å². The van der Waals surface area contributed by atoms with Gasteiger partial charge >= 0.3 is 0 Å². The number of pyridine rings is 1. The highest BCUT2D eigenvalue weighted by atomic mass is 35.5. The molecule has 0 aliphatic rings. The summed E-state index contributed by atoms with van der Waals surface area (Å²) in [5.74, 6) is 0.112. The number of nitrogens with zero attached hydrogens (tertiary/aromatic N) is 3. The lowest BCUT2D eigenvalue weighted by atomic mass is 10.2. The summed E-state index contributed by atoms with van der Waals surface area (Å²) in [5, 5.41) is 1.48. The van der Waals surface area contributed by atoms with Crippen molar-refractivity contribution in [1.82, 2.24) is 15.0 Å². The average Bonchev–Trinajstić information content (AvgIpc) is 2.46. The number of fused-ring (bicyclic) bond motifs is 1. The Kier molecular flexibility index (Phi) is 3.44. The summed E-state index contributed by atoms with van der Waals surface area (Å²) in [6.07, 6.45) is 4.34. The van der Waals surface area contributed by atoms with Crippen molar-refractivity contribution < 1.29 is 8.42 Å². The molecule has 1 aromatic carbocycles. The van der Waals surface area contributed by atoms with Crippen molar-refractivity contribution in [2.45, 2.75) is 4.90 Å². The highest BCUT2D eigenvalue weighted by Crippen LogP contribution is 2.24. The normalized spacial score (nSPS) is 11.5. The maximum Gasteiger partial charge on any atom is 0.263 e. The Labute approximate surface area is 125 Å². The summed E-state index contributed by atoms with van der Waals surface area (Å²) in [7, 11) is -3.78. The van der Waals surface area contributed by atoms with Gasteiger partial charge in [0.15, 0.2) is 0 Å². The van der Waals surface area contributed by atoms with Crippen LogP contribution in [-0.2, 0) is 10.0 Å². The second kappa shape index (κ2) is 5.27. The van der Waals surface area contributed by atoms with Crippen molar-refractivity contribution in [3.63, 3.8) is 0 Å². The molecule has 0 unspecified atom stereocenters. The third-order valence-electron chi connectivity index (χ3n) is 2.80. The van der Waals surface area contributed by atoms with E-state index in [0.717, 1.165) is 5.39 Å². The van der Waals surface area contributed by atoms with Crippen LogP contribution in [0.3, 0.4) is 0 Å². The van der Waals surface area contributed by atoms with Crippen molar-refractivity contribution in [2.24, 2.45) is 0 Å². The number of hydrogen-bond donors (Lipinski definition) is 1. The van der Waals surface area contributed by atoms with Gasteiger partial charge in [-0.25, -0.2) is 18.4 Å². The van der Waals surface area contributed by atoms with Crippen LogP contribution in [-0.4, -0.2) is 23.4 Å². The number of benzene rings is 1. The zero-order valence-corrected chi connectivity index (χ0v) is 12.1. The molecule has 0 aliphatic carbocycles. The second-order valence-corrected chi connectivity index (χ2v) is 6.22. The molecule has 8 heteroatoms. The lowest BCUT2D eigenvalue weighted by Gasteiger charge is -2.09. The van der Waals surface area contributed by atoms with E-state index >= 15 is 0 Å². The summed E-state index contributed by atoms with van der Waals surface area (Å²) in [5.41, 5.74) is 0. The van der Waals surface area contributed by atoms with Crippen LogP contribution in [0.15, 0.2) is 53.9 Å². The number of anilines is 1. The molecule has 0 amide bonds. The zero-order valence-electron chi connectivity index (χ0n) is 10.6. The number of hydrogen-bond acceptors (Lipinski definition) is 5. The number of halogens is 1. The largest absolute Gasteiger partial charge is 0.264 e. The predicted octanol–water partition coefficient (Wildman–Crippen LogP) is 2.48. The Morgan fingerprint density at radius 1 is 1.14 bits per heavy atom. The van der Waals surface area contributed by atoms with Gasteiger partial charge in [0.2, 0.25) is 0 Å². The van der Waals surface area contributed by atoms with Gasteiger partial charge in [0.1, 0.15) is 17.3 Å². The van der Waals surface area contributed by atoms with E-state index < -0.39 is 10.0 Å². The molecule has 1 N–H and O–H groups in total. The van der Waals surface area contributed by atoms with Crippen LogP contribution >= 0.6 is 11.6 Å². The van der Waals surface area contributed by atoms with E-state index in [1.807, 2.05) is 0 Å². The van der Waals surface area contributed by atoms with Gasteiger partial charge in [0.05, 0.1) is 4.90 Å². The van der Waals surface area contributed by atoms with E-state index in [9.17, 15) is 8.42 Å². The maximum atomic E-state index is 12.5. The van der Waals surface area contributed by atoms with Gasteiger partial charge in [-0.2, -0.15) is 0 Å². The zero-order chi connectivity index (χ0) is 14.9. The molecule has 0 radical (unpaired) electrons. The number of sulfonamides is 1. The smallest absolute Gasteiger partial charge is 0.263 e. The van der Waals surface area contributed by atoms with Crippen molar-refractivity contribution in [2.75, 3.05) is 4.72 Å². The third-order valence-corrected chi connectivity index (χ3v) is 4.42. The van der Waals surface area contributed by atoms with Gasteiger partial charge in [-0.15, -0.1) is 0 Å². The minimum atomic E-state index is -3.78. The Morgan fingerprint density at radius 3 is 2.81 bits per heavy atom. The SMILES string of the molecule is O=S(=O)(Nc1cc(Cl)ncn1)c1cccc2cnccc12. The highest BCUT2D eigenvalue weighted by Gasteiger charge is 2.18. The van der Waals surface area contributed by atoms with E-state index in [2.05, 4.69) is 19.7 Å². The molecular weight excluding hydrogens is 312 g/mol. The van der Waals surface area contributed by atoms with Crippen LogP contribution < -0.4 is 4.72 Å². The lowest BCUT2D eigenvalue weighted by Crippen LogP contribution is -2.14. The monoisotopic (exact) mass is 320 g/mol. The topological polar surface area (TPSA) is 84.8 Å². The molecule has 21 heavy (non-hydrogen) atoms. The summed E-state index contributed by atoms with van der Waals surface area (Å²) in [6, 6.07) is 7.96. The molecule has 2 aromatic heterocycles. The molecule has 3 rings (SSSR count). The standard InChI is InChI=1S/C13H9ClN4O2S/c14-12-6-13(17-8-16-12)18-21(19,20)11-3-1-2-9-7-15-5-4-10(9)11/h1-8H,(H,16,17,18). The Morgan fingerprint density at radius 2 is 2.00 bits per heavy atom. The van der Waals surface area contributed by atoms with Crippen molar-refractivity contribution in [3.05, 3.63) is 54.2 Å². The molecular formula is C13H9ClN4O2S. The lowest BCUT2D eigenvalue weighted by molar-refractivity contribution is 0.602. The maximum absolute atomic E-state index is 12.5. The first-order valence-electron chi connectivity index (χ1n) is 5.89. The molecule has 0 saturated carbocycles. The summed E-state index contributed by atoms with van der Waals surface area (Å²) in [6.45, 7) is 0. The first kappa shape index (κ1) is 13.7. The number of rotatable bonds is 3. The van der Waals surface area contributed by atoms with Gasteiger partial charge in [0, 0.05) is 29.2 Å². The number of nitrogens with one attached hydrogen (secondary N) is 1. The van der Waals surface area contributed by atoms with Crippen LogP contribution in [0.4, 0.5) is 5.82 Å². The first-order valence-corrected chi connectivity index (χ1v) is 7.75. The number of aromatic nitrogens is 3. The molecule has 0 bridgehead atoms. The molecule has 6 nitrogen and oxygen atoms in total. The minimum Gasteiger partial charge on any atom is -0.264 e.